The van der Waals surface area contributed by atoms with E-state index >= 15 is 0 Å². The minimum atomic E-state index is -4.80. The zero-order valence-electron chi connectivity index (χ0n) is 9.35. The van der Waals surface area contributed by atoms with Crippen LogP contribution >= 0.6 is 0 Å². The highest BCUT2D eigenvalue weighted by molar-refractivity contribution is 7.87. The molecule has 0 bridgehead atoms. The van der Waals surface area contributed by atoms with Gasteiger partial charge in [0.15, 0.2) is 11.5 Å². The number of anilines is 1. The fourth-order valence-corrected chi connectivity index (χ4v) is 2.34. The summed E-state index contributed by atoms with van der Waals surface area (Å²) in [7, 11) is -4.80. The van der Waals surface area contributed by atoms with E-state index in [1.807, 2.05) is 0 Å². The number of hydrogen-bond donors (Lipinski definition) is 1. The molecular formula is C9H8FN3O5S. The van der Waals surface area contributed by atoms with Gasteiger partial charge in [-0.3, -0.25) is 9.69 Å². The summed E-state index contributed by atoms with van der Waals surface area (Å²) >= 11 is 0. The van der Waals surface area contributed by atoms with E-state index in [0.717, 1.165) is 11.0 Å². The maximum absolute atomic E-state index is 12.8. The largest absolute Gasteiger partial charge is 0.476 e. The Morgan fingerprint density at radius 2 is 2.11 bits per heavy atom. The van der Waals surface area contributed by atoms with Crippen molar-refractivity contribution in [3.8, 4) is 0 Å². The summed E-state index contributed by atoms with van der Waals surface area (Å²) in [6.45, 7) is -0.362. The number of amides is 1. The van der Waals surface area contributed by atoms with Crippen LogP contribution < -0.4 is 4.90 Å². The van der Waals surface area contributed by atoms with Gasteiger partial charge in [-0.1, -0.05) is 0 Å². The van der Waals surface area contributed by atoms with E-state index in [0.29, 0.717) is 0 Å². The maximum Gasteiger partial charge on any atom is 0.356 e. The van der Waals surface area contributed by atoms with Gasteiger partial charge in [0.05, 0.1) is 0 Å². The third-order valence-corrected chi connectivity index (χ3v) is 3.75. The van der Waals surface area contributed by atoms with Crippen LogP contribution in [0.25, 0.3) is 0 Å². The first-order valence-electron chi connectivity index (χ1n) is 5.10. The van der Waals surface area contributed by atoms with Gasteiger partial charge in [-0.25, -0.2) is 4.79 Å². The van der Waals surface area contributed by atoms with Crippen molar-refractivity contribution >= 4 is 27.9 Å². The van der Waals surface area contributed by atoms with Crippen LogP contribution in [0.3, 0.4) is 0 Å². The Morgan fingerprint density at radius 3 is 2.53 bits per heavy atom. The Morgan fingerprint density at radius 1 is 1.42 bits per heavy atom. The zero-order valence-corrected chi connectivity index (χ0v) is 10.2. The molecule has 1 fully saturated rings. The highest BCUT2D eigenvalue weighted by Crippen LogP contribution is 2.23. The van der Waals surface area contributed by atoms with Crippen molar-refractivity contribution in [3.05, 3.63) is 17.8 Å². The average Bonchev–Trinajstić information content (AvgIpc) is 2.71. The fraction of sp³-hybridized carbons (Fsp3) is 0.333. The van der Waals surface area contributed by atoms with Crippen LogP contribution in [0.4, 0.5) is 9.70 Å². The minimum Gasteiger partial charge on any atom is -0.476 e. The van der Waals surface area contributed by atoms with Crippen molar-refractivity contribution in [2.75, 3.05) is 11.4 Å². The van der Waals surface area contributed by atoms with Crippen molar-refractivity contribution in [2.24, 2.45) is 0 Å². The zero-order chi connectivity index (χ0) is 14.2. The Labute approximate surface area is 107 Å². The molecule has 1 aliphatic heterocycles. The minimum absolute atomic E-state index is 0.0128. The monoisotopic (exact) mass is 289 g/mol. The first-order chi connectivity index (χ1) is 8.79. The quantitative estimate of drug-likeness (QED) is 0.751. The van der Waals surface area contributed by atoms with Gasteiger partial charge in [0.25, 0.3) is 0 Å². The van der Waals surface area contributed by atoms with E-state index in [9.17, 15) is 21.9 Å². The van der Waals surface area contributed by atoms with E-state index in [4.69, 9.17) is 5.11 Å². The molecule has 0 aliphatic carbocycles. The Hall–Kier alpha value is -2.10. The van der Waals surface area contributed by atoms with Gasteiger partial charge in [-0.2, -0.15) is 8.42 Å². The molecule has 0 radical (unpaired) electrons. The van der Waals surface area contributed by atoms with Crippen molar-refractivity contribution in [2.45, 2.75) is 11.7 Å². The van der Waals surface area contributed by atoms with Gasteiger partial charge in [0, 0.05) is 13.0 Å². The van der Waals surface area contributed by atoms with Crippen LogP contribution in [0.1, 0.15) is 16.9 Å². The summed E-state index contributed by atoms with van der Waals surface area (Å²) in [5, 5.41) is 14.1. The van der Waals surface area contributed by atoms with Crippen molar-refractivity contribution in [1.82, 2.24) is 10.2 Å². The summed E-state index contributed by atoms with van der Waals surface area (Å²) in [4.78, 5) is 23.1. The van der Waals surface area contributed by atoms with E-state index in [1.165, 1.54) is 6.07 Å². The maximum atomic E-state index is 12.8. The Bertz CT molecular complexity index is 630. The number of hydrogen-bond acceptors (Lipinski definition) is 6. The van der Waals surface area contributed by atoms with Gasteiger partial charge in [0.1, 0.15) is 5.25 Å². The number of aromatic carboxylic acids is 1. The first-order valence-corrected chi connectivity index (χ1v) is 6.54. The third-order valence-electron chi connectivity index (χ3n) is 2.63. The molecule has 19 heavy (non-hydrogen) atoms. The van der Waals surface area contributed by atoms with Crippen LogP contribution in [0, 0.1) is 0 Å². The van der Waals surface area contributed by atoms with Gasteiger partial charge in [-0.05, 0) is 12.1 Å². The van der Waals surface area contributed by atoms with Crippen LogP contribution in [-0.2, 0) is 15.0 Å². The lowest BCUT2D eigenvalue weighted by molar-refractivity contribution is -0.117. The van der Waals surface area contributed by atoms with Gasteiger partial charge in [0.2, 0.25) is 5.91 Å². The van der Waals surface area contributed by atoms with Gasteiger partial charge < -0.3 is 5.11 Å². The standard InChI is InChI=1S/C9H8FN3O5S/c10-19(17,18)5-3-8(14)13(4-5)7-2-1-6(9(15)16)11-12-7/h1-2,5H,3-4H2,(H,15,16). The summed E-state index contributed by atoms with van der Waals surface area (Å²) < 4.78 is 34.3. The number of carboxylic acids is 1. The molecule has 102 valence electrons. The van der Waals surface area contributed by atoms with Crippen LogP contribution in [0.2, 0.25) is 0 Å². The van der Waals surface area contributed by atoms with Crippen LogP contribution in [-0.4, -0.2) is 47.4 Å². The number of halogens is 1. The van der Waals surface area contributed by atoms with Gasteiger partial charge in [-0.15, -0.1) is 14.1 Å². The van der Waals surface area contributed by atoms with E-state index < -0.39 is 33.8 Å². The van der Waals surface area contributed by atoms with Crippen molar-refractivity contribution < 1.29 is 27.0 Å². The molecule has 1 aromatic heterocycles. The molecule has 1 saturated heterocycles. The number of carboxylic acid groups (broad SMARTS) is 1. The summed E-state index contributed by atoms with van der Waals surface area (Å²) in [5.74, 6) is -1.90. The van der Waals surface area contributed by atoms with E-state index in [2.05, 4.69) is 10.2 Å². The molecule has 1 unspecified atom stereocenters. The second-order valence-corrected chi connectivity index (χ2v) is 5.51. The lowest BCUT2D eigenvalue weighted by Crippen LogP contribution is -2.28. The van der Waals surface area contributed by atoms with Crippen LogP contribution in [0.5, 0.6) is 0 Å². The Kier molecular flexibility index (Phi) is 3.18. The van der Waals surface area contributed by atoms with E-state index in [1.54, 1.807) is 0 Å². The highest BCUT2D eigenvalue weighted by atomic mass is 32.3. The first kappa shape index (κ1) is 13.3. The fourth-order valence-electron chi connectivity index (χ4n) is 1.67. The second-order valence-electron chi connectivity index (χ2n) is 3.89. The number of nitrogens with zero attached hydrogens (tertiary/aromatic N) is 3. The summed E-state index contributed by atoms with van der Waals surface area (Å²) in [6.07, 6.45) is -0.471. The normalized spacial score (nSPS) is 19.7. The lowest BCUT2D eigenvalue weighted by atomic mass is 10.4. The molecule has 0 spiro atoms. The molecule has 1 atom stereocenters. The van der Waals surface area contributed by atoms with Crippen molar-refractivity contribution in [1.29, 1.82) is 0 Å². The molecule has 0 saturated carbocycles. The molecule has 0 aromatic carbocycles. The summed E-state index contributed by atoms with van der Waals surface area (Å²) in [6, 6.07) is 2.33. The molecule has 1 aliphatic rings. The van der Waals surface area contributed by atoms with E-state index in [-0.39, 0.29) is 18.1 Å². The number of carbonyl (C=O) groups excluding carboxylic acids is 1. The third kappa shape index (κ3) is 2.67. The molecule has 2 heterocycles. The molecule has 1 amide bonds. The molecular weight excluding hydrogens is 281 g/mol. The molecule has 1 N–H and O–H groups in total. The van der Waals surface area contributed by atoms with Crippen LogP contribution in [0.15, 0.2) is 12.1 Å². The van der Waals surface area contributed by atoms with Crippen molar-refractivity contribution in [3.63, 3.8) is 0 Å². The summed E-state index contributed by atoms with van der Waals surface area (Å²) in [5.41, 5.74) is -0.315. The molecule has 10 heteroatoms. The topological polar surface area (TPSA) is 118 Å². The predicted octanol–water partition coefficient (Wildman–Crippen LogP) is -0.421. The molecule has 8 nitrogen and oxygen atoms in total. The smallest absolute Gasteiger partial charge is 0.356 e. The molecule has 2 rings (SSSR count). The second kappa shape index (κ2) is 4.53. The number of aromatic nitrogens is 2. The number of rotatable bonds is 3. The number of carbonyl (C=O) groups is 2. The average molecular weight is 289 g/mol. The van der Waals surface area contributed by atoms with Gasteiger partial charge >= 0.3 is 16.2 Å². The SMILES string of the molecule is O=C(O)c1ccc(N2CC(S(=O)(=O)F)CC2=O)nn1. The lowest BCUT2D eigenvalue weighted by Gasteiger charge is -2.13. The highest BCUT2D eigenvalue weighted by Gasteiger charge is 2.39. The molecule has 1 aromatic rings. The predicted molar refractivity (Wildman–Crippen MR) is 59.8 cm³/mol. The Balaban J connectivity index is 2.23.